The first-order valence-corrected chi connectivity index (χ1v) is 6.51. The molecule has 0 amide bonds. The molecule has 6 heteroatoms. The fourth-order valence-corrected chi connectivity index (χ4v) is 1.97. The molecule has 0 fully saturated rings. The third-order valence-electron chi connectivity index (χ3n) is 3.10. The fourth-order valence-electron chi connectivity index (χ4n) is 1.97. The van der Waals surface area contributed by atoms with Gasteiger partial charge in [-0.1, -0.05) is 5.16 Å². The molecule has 0 heterocycles. The number of benzene rings is 1. The molecular weight excluding hydrogens is 256 g/mol. The first kappa shape index (κ1) is 16.1. The Morgan fingerprint density at radius 1 is 1.30 bits per heavy atom. The molecule has 0 aliphatic heterocycles. The smallest absolute Gasteiger partial charge is 0.172 e. The van der Waals surface area contributed by atoms with E-state index in [9.17, 15) is 0 Å². The third-order valence-corrected chi connectivity index (χ3v) is 3.10. The number of nitrogens with two attached hydrogens (primary N) is 1. The van der Waals surface area contributed by atoms with Crippen LogP contribution in [-0.2, 0) is 0 Å². The maximum Gasteiger partial charge on any atom is 0.172 e. The minimum atomic E-state index is 0.0992. The Hall–Kier alpha value is -1.95. The number of amidine groups is 1. The van der Waals surface area contributed by atoms with Gasteiger partial charge in [-0.25, -0.2) is 0 Å². The average Bonchev–Trinajstić information content (AvgIpc) is 2.45. The van der Waals surface area contributed by atoms with Gasteiger partial charge in [-0.15, -0.1) is 0 Å². The van der Waals surface area contributed by atoms with Crippen molar-refractivity contribution in [3.05, 3.63) is 23.8 Å². The molecular formula is C14H24N4O2. The summed E-state index contributed by atoms with van der Waals surface area (Å²) in [6, 6.07) is 5.49. The Balaban J connectivity index is 2.94. The van der Waals surface area contributed by atoms with Gasteiger partial charge in [-0.2, -0.15) is 0 Å². The van der Waals surface area contributed by atoms with Gasteiger partial charge in [0, 0.05) is 25.2 Å². The van der Waals surface area contributed by atoms with Crippen LogP contribution in [0.4, 0.5) is 5.69 Å². The molecule has 0 aliphatic rings. The van der Waals surface area contributed by atoms with E-state index in [1.54, 1.807) is 19.2 Å². The normalized spacial score (nSPS) is 11.8. The molecule has 0 radical (unpaired) electrons. The highest BCUT2D eigenvalue weighted by atomic mass is 16.5. The second kappa shape index (κ2) is 7.59. The summed E-state index contributed by atoms with van der Waals surface area (Å²) in [5, 5.41) is 12.0. The zero-order valence-corrected chi connectivity index (χ0v) is 12.6. The highest BCUT2D eigenvalue weighted by molar-refractivity contribution is 6.02. The number of methoxy groups -OCH3 is 1. The number of anilines is 1. The molecule has 0 unspecified atom stereocenters. The van der Waals surface area contributed by atoms with Crippen LogP contribution in [0.15, 0.2) is 23.4 Å². The molecule has 0 saturated heterocycles. The molecule has 20 heavy (non-hydrogen) atoms. The van der Waals surface area contributed by atoms with Crippen LogP contribution >= 0.6 is 0 Å². The standard InChI is InChI=1S/C14H24N4O2/c1-17(2)8-5-9-18(3)13-10-11(20-4)6-7-12(13)14(15)16-19/h6-7,10,19H,5,8-9H2,1-4H3,(H2,15,16). The van der Waals surface area contributed by atoms with Gasteiger partial charge in [0.15, 0.2) is 5.84 Å². The van der Waals surface area contributed by atoms with E-state index in [-0.39, 0.29) is 5.84 Å². The van der Waals surface area contributed by atoms with Crippen LogP contribution in [0.2, 0.25) is 0 Å². The summed E-state index contributed by atoms with van der Waals surface area (Å²) in [7, 11) is 7.70. The Labute approximate surface area is 120 Å². The largest absolute Gasteiger partial charge is 0.497 e. The zero-order valence-electron chi connectivity index (χ0n) is 12.6. The van der Waals surface area contributed by atoms with Crippen molar-refractivity contribution in [2.75, 3.05) is 46.2 Å². The predicted octanol–water partition coefficient (Wildman–Crippen LogP) is 1.18. The highest BCUT2D eigenvalue weighted by Crippen LogP contribution is 2.25. The van der Waals surface area contributed by atoms with E-state index in [0.717, 1.165) is 30.9 Å². The molecule has 1 rings (SSSR count). The molecule has 0 spiro atoms. The highest BCUT2D eigenvalue weighted by Gasteiger charge is 2.12. The van der Waals surface area contributed by atoms with Crippen LogP contribution in [0, 0.1) is 0 Å². The lowest BCUT2D eigenvalue weighted by Crippen LogP contribution is -2.26. The minimum Gasteiger partial charge on any atom is -0.497 e. The topological polar surface area (TPSA) is 74.3 Å². The van der Waals surface area contributed by atoms with Crippen molar-refractivity contribution in [3.8, 4) is 5.75 Å². The number of oxime groups is 1. The summed E-state index contributed by atoms with van der Waals surface area (Å²) in [4.78, 5) is 4.23. The molecule has 3 N–H and O–H groups in total. The third kappa shape index (κ3) is 4.31. The van der Waals surface area contributed by atoms with Crippen molar-refractivity contribution >= 4 is 11.5 Å². The van der Waals surface area contributed by atoms with Crippen LogP contribution in [0.1, 0.15) is 12.0 Å². The van der Waals surface area contributed by atoms with E-state index in [4.69, 9.17) is 15.7 Å². The molecule has 1 aromatic carbocycles. The first-order valence-electron chi connectivity index (χ1n) is 6.51. The van der Waals surface area contributed by atoms with Gasteiger partial charge in [-0.3, -0.25) is 0 Å². The van der Waals surface area contributed by atoms with E-state index in [0.29, 0.717) is 5.56 Å². The van der Waals surface area contributed by atoms with E-state index in [1.807, 2.05) is 27.2 Å². The van der Waals surface area contributed by atoms with E-state index in [1.165, 1.54) is 0 Å². The van der Waals surface area contributed by atoms with Gasteiger partial charge < -0.3 is 25.5 Å². The lowest BCUT2D eigenvalue weighted by Gasteiger charge is -2.23. The summed E-state index contributed by atoms with van der Waals surface area (Å²) >= 11 is 0. The van der Waals surface area contributed by atoms with Crippen LogP contribution < -0.4 is 15.4 Å². The number of nitrogens with zero attached hydrogens (tertiary/aromatic N) is 3. The van der Waals surface area contributed by atoms with Gasteiger partial charge in [0.05, 0.1) is 12.8 Å². The SMILES string of the molecule is COc1ccc(/C(N)=N/O)c(N(C)CCCN(C)C)c1. The van der Waals surface area contributed by atoms with Crippen molar-refractivity contribution < 1.29 is 9.94 Å². The summed E-state index contributed by atoms with van der Waals surface area (Å²) in [6.07, 6.45) is 1.02. The monoisotopic (exact) mass is 280 g/mol. The molecule has 0 atom stereocenters. The summed E-state index contributed by atoms with van der Waals surface area (Å²) in [5.74, 6) is 0.844. The number of rotatable bonds is 7. The molecule has 0 saturated carbocycles. The van der Waals surface area contributed by atoms with Crippen molar-refractivity contribution in [1.29, 1.82) is 0 Å². The fraction of sp³-hybridized carbons (Fsp3) is 0.500. The molecule has 112 valence electrons. The second-order valence-electron chi connectivity index (χ2n) is 4.95. The van der Waals surface area contributed by atoms with Gasteiger partial charge in [0.1, 0.15) is 5.75 Å². The summed E-state index contributed by atoms with van der Waals surface area (Å²) < 4.78 is 5.24. The second-order valence-corrected chi connectivity index (χ2v) is 4.95. The Kier molecular flexibility index (Phi) is 6.11. The van der Waals surface area contributed by atoms with Crippen LogP contribution in [-0.4, -0.2) is 57.3 Å². The van der Waals surface area contributed by atoms with Crippen molar-refractivity contribution in [3.63, 3.8) is 0 Å². The average molecular weight is 280 g/mol. The first-order chi connectivity index (χ1) is 9.49. The van der Waals surface area contributed by atoms with Crippen LogP contribution in [0.3, 0.4) is 0 Å². The summed E-state index contributed by atoms with van der Waals surface area (Å²) in [5.41, 5.74) is 7.31. The van der Waals surface area contributed by atoms with Gasteiger partial charge in [-0.05, 0) is 39.2 Å². The predicted molar refractivity (Wildman–Crippen MR) is 81.9 cm³/mol. The Morgan fingerprint density at radius 2 is 2.00 bits per heavy atom. The molecule has 0 bridgehead atoms. The van der Waals surface area contributed by atoms with Gasteiger partial charge in [0.2, 0.25) is 0 Å². The van der Waals surface area contributed by atoms with Crippen LogP contribution in [0.25, 0.3) is 0 Å². The minimum absolute atomic E-state index is 0.0992. The van der Waals surface area contributed by atoms with E-state index < -0.39 is 0 Å². The number of ether oxygens (including phenoxy) is 1. The molecule has 6 nitrogen and oxygen atoms in total. The molecule has 1 aromatic rings. The lowest BCUT2D eigenvalue weighted by molar-refractivity contribution is 0.318. The summed E-state index contributed by atoms with van der Waals surface area (Å²) in [6.45, 7) is 1.88. The van der Waals surface area contributed by atoms with Crippen molar-refractivity contribution in [1.82, 2.24) is 4.90 Å². The van der Waals surface area contributed by atoms with Crippen molar-refractivity contribution in [2.24, 2.45) is 10.9 Å². The Bertz CT molecular complexity index is 460. The van der Waals surface area contributed by atoms with Crippen molar-refractivity contribution in [2.45, 2.75) is 6.42 Å². The molecule has 0 aliphatic carbocycles. The maximum absolute atomic E-state index is 8.88. The maximum atomic E-state index is 8.88. The van der Waals surface area contributed by atoms with E-state index in [2.05, 4.69) is 15.0 Å². The molecule has 0 aromatic heterocycles. The van der Waals surface area contributed by atoms with E-state index >= 15 is 0 Å². The lowest BCUT2D eigenvalue weighted by atomic mass is 10.1. The number of hydrogen-bond acceptors (Lipinski definition) is 5. The Morgan fingerprint density at radius 3 is 2.55 bits per heavy atom. The quantitative estimate of drug-likeness (QED) is 0.339. The van der Waals surface area contributed by atoms with Crippen LogP contribution in [0.5, 0.6) is 5.75 Å². The number of hydrogen-bond donors (Lipinski definition) is 2. The zero-order chi connectivity index (χ0) is 15.1. The van der Waals surface area contributed by atoms with Gasteiger partial charge >= 0.3 is 0 Å². The van der Waals surface area contributed by atoms with Gasteiger partial charge in [0.25, 0.3) is 0 Å².